The number of carbonyl (C=O) groups excluding carboxylic acids is 1. The third-order valence-corrected chi connectivity index (χ3v) is 5.53. The first-order valence-electron chi connectivity index (χ1n) is 7.75. The van der Waals surface area contributed by atoms with Crippen LogP contribution in [0.1, 0.15) is 17.3 Å². The monoisotopic (exact) mass is 432 g/mol. The first-order chi connectivity index (χ1) is 12.7. The number of halogens is 1. The molecule has 144 valence electrons. The Bertz CT molecular complexity index is 983. The molecule has 0 saturated carbocycles. The third-order valence-electron chi connectivity index (χ3n) is 3.49. The zero-order chi connectivity index (χ0) is 20.2. The Hall–Kier alpha value is -1.62. The van der Waals surface area contributed by atoms with Crippen LogP contribution in [0.2, 0.25) is 5.02 Å². The maximum absolute atomic E-state index is 12.3. The van der Waals surface area contributed by atoms with Crippen molar-refractivity contribution in [3.05, 3.63) is 53.1 Å². The second-order valence-corrected chi connectivity index (χ2v) is 8.15. The quantitative estimate of drug-likeness (QED) is 0.334. The third kappa shape index (κ3) is 5.69. The molecule has 0 spiro atoms. The molecule has 0 aromatic heterocycles. The second-order valence-electron chi connectivity index (χ2n) is 5.56. The van der Waals surface area contributed by atoms with Crippen LogP contribution < -0.4 is 45.2 Å². The summed E-state index contributed by atoms with van der Waals surface area (Å²) in [5.41, 5.74) is 3.24. The molecule has 0 atom stereocenters. The molecule has 2 rings (SSSR count). The zero-order valence-corrected chi connectivity index (χ0v) is 19.5. The molecule has 2 aromatic carbocycles. The van der Waals surface area contributed by atoms with Crippen LogP contribution in [0.15, 0.2) is 52.5 Å². The van der Waals surface area contributed by atoms with E-state index < -0.39 is 16.0 Å². The van der Waals surface area contributed by atoms with Crippen LogP contribution in [0.3, 0.4) is 0 Å². The Morgan fingerprint density at radius 1 is 1.21 bits per heavy atom. The molecule has 0 saturated heterocycles. The summed E-state index contributed by atoms with van der Waals surface area (Å²) in [6.45, 7) is 1.65. The van der Waals surface area contributed by atoms with E-state index in [1.165, 1.54) is 37.6 Å². The predicted molar refractivity (Wildman–Crippen MR) is 103 cm³/mol. The number of anilines is 2. The molecule has 0 fully saturated rings. The number of nitrogens with one attached hydrogen (secondary N) is 1. The van der Waals surface area contributed by atoms with Crippen LogP contribution in [-0.2, 0) is 10.0 Å². The molecule has 0 aliphatic heterocycles. The van der Waals surface area contributed by atoms with Gasteiger partial charge >= 0.3 is 29.6 Å². The summed E-state index contributed by atoms with van der Waals surface area (Å²) < 4.78 is 25.6. The van der Waals surface area contributed by atoms with E-state index in [4.69, 9.17) is 11.6 Å². The first-order valence-corrected chi connectivity index (χ1v) is 9.57. The molecule has 8 nitrogen and oxygen atoms in total. The second kappa shape index (κ2) is 10.2. The summed E-state index contributed by atoms with van der Waals surface area (Å²) in [5, 5.41) is 17.4. The number of carboxylic acid groups (broad SMARTS) is 1. The number of aromatic carboxylic acids is 1. The molecule has 0 aliphatic carbocycles. The van der Waals surface area contributed by atoms with Gasteiger partial charge in [0.25, 0.3) is 0 Å². The Labute approximate surface area is 191 Å². The fourth-order valence-electron chi connectivity index (χ4n) is 2.18. The molecule has 1 N–H and O–H groups in total. The smallest absolute Gasteiger partial charge is 0.545 e. The van der Waals surface area contributed by atoms with Gasteiger partial charge in [0.15, 0.2) is 0 Å². The van der Waals surface area contributed by atoms with Crippen LogP contribution in [0.25, 0.3) is 0 Å². The molecule has 0 bridgehead atoms. The van der Waals surface area contributed by atoms with E-state index in [1.807, 2.05) is 0 Å². The summed E-state index contributed by atoms with van der Waals surface area (Å²) in [6, 6.07) is 10.4. The number of hydrogen-bond acceptors (Lipinski definition) is 7. The van der Waals surface area contributed by atoms with Gasteiger partial charge in [0.05, 0.1) is 22.2 Å². The number of benzene rings is 2. The SMILES string of the molecule is C/C=N\N(Nc1cccc(Cl)c1)c1ccc(S(=O)(=O)N(C)C)cc1C(=O)[O-].[Na+]. The van der Waals surface area contributed by atoms with Gasteiger partial charge in [-0.2, -0.15) is 10.2 Å². The summed E-state index contributed by atoms with van der Waals surface area (Å²) in [5.74, 6) is -1.54. The van der Waals surface area contributed by atoms with E-state index >= 15 is 0 Å². The van der Waals surface area contributed by atoms with Crippen molar-refractivity contribution in [1.82, 2.24) is 4.31 Å². The van der Waals surface area contributed by atoms with Gasteiger partial charge in [-0.3, -0.25) is 5.43 Å². The van der Waals surface area contributed by atoms with E-state index in [0.717, 1.165) is 10.4 Å². The van der Waals surface area contributed by atoms with Crippen molar-refractivity contribution in [3.63, 3.8) is 0 Å². The summed E-state index contributed by atoms with van der Waals surface area (Å²) in [6.07, 6.45) is 1.45. The molecule has 28 heavy (non-hydrogen) atoms. The first kappa shape index (κ1) is 24.4. The van der Waals surface area contributed by atoms with E-state index in [1.54, 1.807) is 31.2 Å². The summed E-state index contributed by atoms with van der Waals surface area (Å²) >= 11 is 5.96. The fourth-order valence-corrected chi connectivity index (χ4v) is 3.30. The van der Waals surface area contributed by atoms with Crippen LogP contribution >= 0.6 is 11.6 Å². The van der Waals surface area contributed by atoms with E-state index in [0.29, 0.717) is 10.7 Å². The Morgan fingerprint density at radius 3 is 2.43 bits per heavy atom. The van der Waals surface area contributed by atoms with Crippen molar-refractivity contribution in [2.24, 2.45) is 5.10 Å². The van der Waals surface area contributed by atoms with E-state index in [2.05, 4.69) is 10.5 Å². The maximum Gasteiger partial charge on any atom is 1.00 e. The molecule has 11 heteroatoms. The van der Waals surface area contributed by atoms with Gasteiger partial charge in [0.2, 0.25) is 10.0 Å². The fraction of sp³-hybridized carbons (Fsp3) is 0.176. The number of hydrazine groups is 1. The summed E-state index contributed by atoms with van der Waals surface area (Å²) in [4.78, 5) is 11.5. The number of carbonyl (C=O) groups is 1. The minimum Gasteiger partial charge on any atom is -0.545 e. The van der Waals surface area contributed by atoms with Gasteiger partial charge in [-0.1, -0.05) is 17.7 Å². The Balaban J connectivity index is 0.00000392. The van der Waals surface area contributed by atoms with Gasteiger partial charge in [0.1, 0.15) is 0 Å². The molecule has 0 unspecified atom stereocenters. The minimum atomic E-state index is -3.80. The number of sulfonamides is 1. The van der Waals surface area contributed by atoms with Gasteiger partial charge in [-0.25, -0.2) is 12.7 Å². The van der Waals surface area contributed by atoms with E-state index in [9.17, 15) is 18.3 Å². The van der Waals surface area contributed by atoms with Gasteiger partial charge < -0.3 is 9.90 Å². The molecular formula is C17H18ClN4NaO4S. The van der Waals surface area contributed by atoms with Crippen molar-refractivity contribution < 1.29 is 47.9 Å². The maximum atomic E-state index is 12.3. The average Bonchev–Trinajstić information content (AvgIpc) is 2.60. The van der Waals surface area contributed by atoms with Crippen molar-refractivity contribution in [2.45, 2.75) is 11.8 Å². The van der Waals surface area contributed by atoms with Crippen LogP contribution in [0.5, 0.6) is 0 Å². The summed E-state index contributed by atoms with van der Waals surface area (Å²) in [7, 11) is -1.09. The standard InChI is InChI=1S/C17H19ClN4O4S.Na/c1-4-19-22(20-13-7-5-6-12(18)10-13)16-9-8-14(11-15(16)17(23)24)27(25,26)21(2)3;/h4-11,20H,1-3H3,(H,23,24);/q;+1/p-1/b19-4-;. The van der Waals surface area contributed by atoms with Gasteiger partial charge in [-0.15, -0.1) is 0 Å². The van der Waals surface area contributed by atoms with Crippen molar-refractivity contribution >= 4 is 45.2 Å². The molecule has 0 heterocycles. The van der Waals surface area contributed by atoms with Crippen LogP contribution in [0, 0.1) is 0 Å². The average molecular weight is 433 g/mol. The molecule has 2 aromatic rings. The van der Waals surface area contributed by atoms with E-state index in [-0.39, 0.29) is 45.7 Å². The van der Waals surface area contributed by atoms with Crippen molar-refractivity contribution in [1.29, 1.82) is 0 Å². The topological polar surface area (TPSA) is 105 Å². The normalized spacial score (nSPS) is 11.3. The number of nitrogens with zero attached hydrogens (tertiary/aromatic N) is 3. The number of carboxylic acids is 1. The molecule has 0 radical (unpaired) electrons. The predicted octanol–water partition coefficient (Wildman–Crippen LogP) is -1.20. The molecule has 0 aliphatic rings. The number of hydrazone groups is 1. The van der Waals surface area contributed by atoms with Crippen LogP contribution in [0.4, 0.5) is 11.4 Å². The van der Waals surface area contributed by atoms with Crippen LogP contribution in [-0.4, -0.2) is 39.0 Å². The molecular weight excluding hydrogens is 415 g/mol. The largest absolute Gasteiger partial charge is 1.00 e. The van der Waals surface area contributed by atoms with Crippen molar-refractivity contribution in [2.75, 3.05) is 24.6 Å². The van der Waals surface area contributed by atoms with Crippen molar-refractivity contribution in [3.8, 4) is 0 Å². The molecule has 0 amide bonds. The Kier molecular flexibility index (Phi) is 8.93. The van der Waals surface area contributed by atoms with Gasteiger partial charge in [0, 0.05) is 30.9 Å². The van der Waals surface area contributed by atoms with Gasteiger partial charge in [-0.05, 0) is 43.3 Å². The Morgan fingerprint density at radius 2 is 1.89 bits per heavy atom. The number of hydrogen-bond donors (Lipinski definition) is 1. The zero-order valence-electron chi connectivity index (χ0n) is 15.9. The number of rotatable bonds is 7. The minimum absolute atomic E-state index is 0.